The van der Waals surface area contributed by atoms with E-state index in [1.54, 1.807) is 7.11 Å². The van der Waals surface area contributed by atoms with Crippen molar-refractivity contribution in [3.63, 3.8) is 0 Å². The Morgan fingerprint density at radius 3 is 2.28 bits per heavy atom. The molecule has 0 spiro atoms. The first-order valence-corrected chi connectivity index (χ1v) is 6.57. The van der Waals surface area contributed by atoms with Crippen molar-refractivity contribution in [2.75, 3.05) is 25.2 Å². The zero-order valence-corrected chi connectivity index (χ0v) is 11.6. The van der Waals surface area contributed by atoms with Crippen molar-refractivity contribution in [2.45, 2.75) is 32.7 Å². The second-order valence-electron chi connectivity index (χ2n) is 4.37. The lowest BCUT2D eigenvalue weighted by Crippen LogP contribution is -2.37. The summed E-state index contributed by atoms with van der Waals surface area (Å²) in [7, 11) is 1.72. The lowest BCUT2D eigenvalue weighted by molar-refractivity contribution is 0.112. The first-order valence-electron chi connectivity index (χ1n) is 6.57. The standard InChI is InChI=1S/C15H23NO2/c1-4-14(5-2)16(10-11-18-3)15-8-6-13(12-17)7-9-15/h6-9,12,14H,4-5,10-11H2,1-3H3. The molecule has 0 aromatic heterocycles. The molecule has 0 unspecified atom stereocenters. The maximum Gasteiger partial charge on any atom is 0.150 e. The average molecular weight is 249 g/mol. The molecule has 0 atom stereocenters. The summed E-state index contributed by atoms with van der Waals surface area (Å²) in [6.07, 6.45) is 3.09. The molecule has 0 aliphatic rings. The van der Waals surface area contributed by atoms with Gasteiger partial charge in [0.1, 0.15) is 6.29 Å². The van der Waals surface area contributed by atoms with Crippen LogP contribution in [0.3, 0.4) is 0 Å². The summed E-state index contributed by atoms with van der Waals surface area (Å²) in [5, 5.41) is 0. The Hall–Kier alpha value is -1.35. The van der Waals surface area contributed by atoms with Gasteiger partial charge in [0.05, 0.1) is 6.61 Å². The molecule has 0 amide bonds. The highest BCUT2D eigenvalue weighted by atomic mass is 16.5. The SMILES string of the molecule is CCC(CC)N(CCOC)c1ccc(C=O)cc1. The van der Waals surface area contributed by atoms with E-state index in [0.29, 0.717) is 12.6 Å². The maximum absolute atomic E-state index is 10.7. The number of carbonyl (C=O) groups is 1. The molecule has 0 saturated carbocycles. The molecule has 1 rings (SSSR count). The van der Waals surface area contributed by atoms with E-state index in [-0.39, 0.29) is 0 Å². The van der Waals surface area contributed by atoms with Crippen molar-refractivity contribution in [1.82, 2.24) is 0 Å². The van der Waals surface area contributed by atoms with Gasteiger partial charge in [-0.25, -0.2) is 0 Å². The molecule has 0 bridgehead atoms. The molecule has 3 heteroatoms. The van der Waals surface area contributed by atoms with Crippen molar-refractivity contribution < 1.29 is 9.53 Å². The minimum absolute atomic E-state index is 0.516. The Kier molecular flexibility index (Phi) is 6.44. The molecule has 0 aliphatic carbocycles. The van der Waals surface area contributed by atoms with Crippen LogP contribution in [-0.2, 0) is 4.74 Å². The predicted octanol–water partition coefficient (Wildman–Crippen LogP) is 3.14. The number of hydrogen-bond donors (Lipinski definition) is 0. The normalized spacial score (nSPS) is 10.7. The molecule has 1 aromatic rings. The van der Waals surface area contributed by atoms with E-state index in [9.17, 15) is 4.79 Å². The average Bonchev–Trinajstić information content (AvgIpc) is 2.43. The number of carbonyl (C=O) groups excluding carboxylic acids is 1. The number of methoxy groups -OCH3 is 1. The van der Waals surface area contributed by atoms with Crippen LogP contribution in [0, 0.1) is 0 Å². The Labute approximate surface area is 110 Å². The highest BCUT2D eigenvalue weighted by molar-refractivity contribution is 5.75. The van der Waals surface area contributed by atoms with Gasteiger partial charge in [-0.1, -0.05) is 13.8 Å². The highest BCUT2D eigenvalue weighted by Crippen LogP contribution is 2.20. The number of ether oxygens (including phenoxy) is 1. The number of aldehydes is 1. The van der Waals surface area contributed by atoms with Crippen molar-refractivity contribution in [1.29, 1.82) is 0 Å². The highest BCUT2D eigenvalue weighted by Gasteiger charge is 2.15. The minimum atomic E-state index is 0.516. The monoisotopic (exact) mass is 249 g/mol. The molecular formula is C15H23NO2. The largest absolute Gasteiger partial charge is 0.383 e. The zero-order chi connectivity index (χ0) is 13.4. The summed E-state index contributed by atoms with van der Waals surface area (Å²) in [6.45, 7) is 6.00. The number of hydrogen-bond acceptors (Lipinski definition) is 3. The third-order valence-corrected chi connectivity index (χ3v) is 3.28. The smallest absolute Gasteiger partial charge is 0.150 e. The van der Waals surface area contributed by atoms with Crippen LogP contribution in [0.2, 0.25) is 0 Å². The summed E-state index contributed by atoms with van der Waals surface area (Å²) in [4.78, 5) is 13.0. The number of rotatable bonds is 8. The Morgan fingerprint density at radius 2 is 1.83 bits per heavy atom. The quantitative estimate of drug-likeness (QED) is 0.663. The number of anilines is 1. The molecular weight excluding hydrogens is 226 g/mol. The van der Waals surface area contributed by atoms with Crippen LogP contribution in [0.25, 0.3) is 0 Å². The summed E-state index contributed by atoms with van der Waals surface area (Å²) >= 11 is 0. The van der Waals surface area contributed by atoms with Gasteiger partial charge in [-0.05, 0) is 37.1 Å². The summed E-state index contributed by atoms with van der Waals surface area (Å²) in [6, 6.07) is 8.27. The van der Waals surface area contributed by atoms with Crippen LogP contribution in [0.1, 0.15) is 37.0 Å². The fraction of sp³-hybridized carbons (Fsp3) is 0.533. The van der Waals surface area contributed by atoms with Crippen LogP contribution >= 0.6 is 0 Å². The van der Waals surface area contributed by atoms with Crippen molar-refractivity contribution in [3.8, 4) is 0 Å². The van der Waals surface area contributed by atoms with Gasteiger partial charge in [-0.3, -0.25) is 4.79 Å². The molecule has 3 nitrogen and oxygen atoms in total. The van der Waals surface area contributed by atoms with Gasteiger partial charge in [0.15, 0.2) is 0 Å². The molecule has 18 heavy (non-hydrogen) atoms. The van der Waals surface area contributed by atoms with Crippen LogP contribution in [0.5, 0.6) is 0 Å². The number of benzene rings is 1. The van der Waals surface area contributed by atoms with Gasteiger partial charge >= 0.3 is 0 Å². The van der Waals surface area contributed by atoms with E-state index in [0.717, 1.165) is 36.9 Å². The van der Waals surface area contributed by atoms with E-state index in [2.05, 4.69) is 18.7 Å². The van der Waals surface area contributed by atoms with E-state index in [1.165, 1.54) is 0 Å². The van der Waals surface area contributed by atoms with Gasteiger partial charge in [-0.15, -0.1) is 0 Å². The first kappa shape index (κ1) is 14.7. The fourth-order valence-corrected chi connectivity index (χ4v) is 2.19. The Bertz CT molecular complexity index is 344. The van der Waals surface area contributed by atoms with Gasteiger partial charge in [0.2, 0.25) is 0 Å². The van der Waals surface area contributed by atoms with Gasteiger partial charge < -0.3 is 9.64 Å². The van der Waals surface area contributed by atoms with E-state index < -0.39 is 0 Å². The Morgan fingerprint density at radius 1 is 1.22 bits per heavy atom. The van der Waals surface area contributed by atoms with Gasteiger partial charge in [-0.2, -0.15) is 0 Å². The zero-order valence-electron chi connectivity index (χ0n) is 11.6. The maximum atomic E-state index is 10.7. The fourth-order valence-electron chi connectivity index (χ4n) is 2.19. The molecule has 0 fully saturated rings. The van der Waals surface area contributed by atoms with E-state index in [1.807, 2.05) is 24.3 Å². The van der Waals surface area contributed by atoms with Crippen molar-refractivity contribution in [2.24, 2.45) is 0 Å². The molecule has 0 radical (unpaired) electrons. The molecule has 0 heterocycles. The van der Waals surface area contributed by atoms with E-state index >= 15 is 0 Å². The second-order valence-corrected chi connectivity index (χ2v) is 4.37. The van der Waals surface area contributed by atoms with Crippen LogP contribution in [0.15, 0.2) is 24.3 Å². The van der Waals surface area contributed by atoms with Crippen molar-refractivity contribution >= 4 is 12.0 Å². The summed E-state index contributed by atoms with van der Waals surface area (Å²) in [5.74, 6) is 0. The topological polar surface area (TPSA) is 29.5 Å². The summed E-state index contributed by atoms with van der Waals surface area (Å²) < 4.78 is 5.18. The van der Waals surface area contributed by atoms with Crippen LogP contribution in [0.4, 0.5) is 5.69 Å². The predicted molar refractivity (Wildman–Crippen MR) is 75.4 cm³/mol. The van der Waals surface area contributed by atoms with Crippen LogP contribution < -0.4 is 4.90 Å². The Balaban J connectivity index is 2.88. The molecule has 0 N–H and O–H groups in total. The van der Waals surface area contributed by atoms with Gasteiger partial charge in [0.25, 0.3) is 0 Å². The second kappa shape index (κ2) is 7.88. The lowest BCUT2D eigenvalue weighted by atomic mass is 10.1. The minimum Gasteiger partial charge on any atom is -0.383 e. The molecule has 100 valence electrons. The lowest BCUT2D eigenvalue weighted by Gasteiger charge is -2.32. The van der Waals surface area contributed by atoms with Crippen LogP contribution in [-0.4, -0.2) is 32.6 Å². The van der Waals surface area contributed by atoms with Crippen molar-refractivity contribution in [3.05, 3.63) is 29.8 Å². The molecule has 1 aromatic carbocycles. The third kappa shape index (κ3) is 3.84. The number of nitrogens with zero attached hydrogens (tertiary/aromatic N) is 1. The summed E-state index contributed by atoms with van der Waals surface area (Å²) in [5.41, 5.74) is 1.88. The van der Waals surface area contributed by atoms with Gasteiger partial charge in [0, 0.05) is 30.9 Å². The third-order valence-electron chi connectivity index (χ3n) is 3.28. The molecule has 0 saturated heterocycles. The van der Waals surface area contributed by atoms with E-state index in [4.69, 9.17) is 4.74 Å². The first-order chi connectivity index (χ1) is 8.76. The molecule has 0 aliphatic heterocycles.